The Labute approximate surface area is 145 Å². The molecule has 1 fully saturated rings. The topological polar surface area (TPSA) is 94.0 Å². The maximum absolute atomic E-state index is 12.8. The Kier molecular flexibility index (Phi) is 3.97. The van der Waals surface area contributed by atoms with Gasteiger partial charge in [0.15, 0.2) is 0 Å². The molecule has 1 amide bonds. The number of nitrogens with zero attached hydrogens (tertiary/aromatic N) is 2. The minimum absolute atomic E-state index is 0.0124. The molecule has 1 saturated carbocycles. The van der Waals surface area contributed by atoms with Gasteiger partial charge in [-0.2, -0.15) is 0 Å². The standard InChI is InChI=1S/C19H20N4O2/c1-11-17-14(18(24)21-10-15(20)12-7-8-12)9-16(22-19(17)25-23-11)13-5-3-2-4-6-13/h2-6,9,12,15H,7-8,10,20H2,1H3,(H,21,24). The first-order chi connectivity index (χ1) is 12.1. The maximum atomic E-state index is 12.8. The average Bonchev–Trinajstić information content (AvgIpc) is 3.43. The molecule has 6 heteroatoms. The van der Waals surface area contributed by atoms with Crippen molar-refractivity contribution in [1.82, 2.24) is 15.5 Å². The first kappa shape index (κ1) is 15.8. The molecule has 128 valence electrons. The summed E-state index contributed by atoms with van der Waals surface area (Å²) in [5, 5.41) is 7.56. The summed E-state index contributed by atoms with van der Waals surface area (Å²) < 4.78 is 5.31. The van der Waals surface area contributed by atoms with E-state index in [0.29, 0.717) is 40.5 Å². The lowest BCUT2D eigenvalue weighted by Crippen LogP contribution is -2.38. The van der Waals surface area contributed by atoms with Gasteiger partial charge in [0.25, 0.3) is 11.6 Å². The van der Waals surface area contributed by atoms with Gasteiger partial charge in [-0.15, -0.1) is 0 Å². The van der Waals surface area contributed by atoms with Crippen LogP contribution in [0.15, 0.2) is 40.9 Å². The van der Waals surface area contributed by atoms with Crippen molar-refractivity contribution in [3.05, 3.63) is 47.7 Å². The molecule has 3 N–H and O–H groups in total. The quantitative estimate of drug-likeness (QED) is 0.747. The van der Waals surface area contributed by atoms with E-state index in [1.165, 1.54) is 0 Å². The lowest BCUT2D eigenvalue weighted by Gasteiger charge is -2.12. The van der Waals surface area contributed by atoms with E-state index in [-0.39, 0.29) is 11.9 Å². The molecule has 0 saturated heterocycles. The highest BCUT2D eigenvalue weighted by atomic mass is 16.5. The summed E-state index contributed by atoms with van der Waals surface area (Å²) >= 11 is 0. The molecular formula is C19H20N4O2. The van der Waals surface area contributed by atoms with Gasteiger partial charge in [-0.3, -0.25) is 4.79 Å². The number of carbonyl (C=O) groups excluding carboxylic acids is 1. The highest BCUT2D eigenvalue weighted by Crippen LogP contribution is 2.31. The molecule has 2 heterocycles. The number of aryl methyl sites for hydroxylation is 1. The highest BCUT2D eigenvalue weighted by molar-refractivity contribution is 6.07. The number of nitrogens with one attached hydrogen (secondary N) is 1. The molecule has 1 aromatic carbocycles. The second-order valence-corrected chi connectivity index (χ2v) is 6.58. The summed E-state index contributed by atoms with van der Waals surface area (Å²) in [6.45, 7) is 2.28. The summed E-state index contributed by atoms with van der Waals surface area (Å²) in [4.78, 5) is 17.3. The van der Waals surface area contributed by atoms with Gasteiger partial charge in [0.05, 0.1) is 22.3 Å². The molecule has 2 aromatic heterocycles. The van der Waals surface area contributed by atoms with Crippen LogP contribution in [0.4, 0.5) is 0 Å². The van der Waals surface area contributed by atoms with E-state index in [9.17, 15) is 4.79 Å². The van der Waals surface area contributed by atoms with Crippen molar-refractivity contribution in [1.29, 1.82) is 0 Å². The molecule has 0 spiro atoms. The molecule has 1 aliphatic rings. The van der Waals surface area contributed by atoms with Gasteiger partial charge in [0.1, 0.15) is 0 Å². The molecule has 25 heavy (non-hydrogen) atoms. The fraction of sp³-hybridized carbons (Fsp3) is 0.316. The van der Waals surface area contributed by atoms with Crippen molar-refractivity contribution >= 4 is 17.0 Å². The van der Waals surface area contributed by atoms with Crippen LogP contribution in [0.1, 0.15) is 28.9 Å². The lowest BCUT2D eigenvalue weighted by atomic mass is 10.0. The lowest BCUT2D eigenvalue weighted by molar-refractivity contribution is 0.0952. The Morgan fingerprint density at radius 3 is 2.84 bits per heavy atom. The fourth-order valence-electron chi connectivity index (χ4n) is 3.03. The van der Waals surface area contributed by atoms with Crippen LogP contribution < -0.4 is 11.1 Å². The van der Waals surface area contributed by atoms with Gasteiger partial charge in [-0.05, 0) is 31.7 Å². The number of fused-ring (bicyclic) bond motifs is 1. The number of hydrogen-bond acceptors (Lipinski definition) is 5. The van der Waals surface area contributed by atoms with Gasteiger partial charge in [-0.1, -0.05) is 35.5 Å². The van der Waals surface area contributed by atoms with Crippen LogP contribution in [0.3, 0.4) is 0 Å². The summed E-state index contributed by atoms with van der Waals surface area (Å²) in [5.74, 6) is 0.363. The zero-order chi connectivity index (χ0) is 17.4. The number of pyridine rings is 1. The first-order valence-electron chi connectivity index (χ1n) is 8.49. The molecule has 1 unspecified atom stereocenters. The molecular weight excluding hydrogens is 316 g/mol. The average molecular weight is 336 g/mol. The summed E-state index contributed by atoms with van der Waals surface area (Å²) in [6.07, 6.45) is 2.30. The zero-order valence-corrected chi connectivity index (χ0v) is 14.0. The fourth-order valence-corrected chi connectivity index (χ4v) is 3.03. The summed E-state index contributed by atoms with van der Waals surface area (Å²) in [5.41, 5.74) is 9.23. The third-order valence-electron chi connectivity index (χ3n) is 4.66. The number of amides is 1. The van der Waals surface area contributed by atoms with E-state index in [4.69, 9.17) is 10.3 Å². The SMILES string of the molecule is Cc1noc2nc(-c3ccccc3)cc(C(=O)NCC(N)C3CC3)c12. The Morgan fingerprint density at radius 2 is 2.12 bits per heavy atom. The van der Waals surface area contributed by atoms with Crippen molar-refractivity contribution in [2.45, 2.75) is 25.8 Å². The largest absolute Gasteiger partial charge is 0.350 e. The smallest absolute Gasteiger partial charge is 0.259 e. The monoisotopic (exact) mass is 336 g/mol. The van der Waals surface area contributed by atoms with Gasteiger partial charge < -0.3 is 15.6 Å². The molecule has 3 aromatic rings. The number of benzene rings is 1. The zero-order valence-electron chi connectivity index (χ0n) is 14.0. The van der Waals surface area contributed by atoms with Crippen LogP contribution in [0.25, 0.3) is 22.4 Å². The van der Waals surface area contributed by atoms with Crippen LogP contribution in [0, 0.1) is 12.8 Å². The van der Waals surface area contributed by atoms with Gasteiger partial charge in [0, 0.05) is 18.2 Å². The van der Waals surface area contributed by atoms with Crippen LogP contribution in [-0.4, -0.2) is 28.6 Å². The number of aromatic nitrogens is 2. The van der Waals surface area contributed by atoms with Crippen LogP contribution >= 0.6 is 0 Å². The van der Waals surface area contributed by atoms with Crippen molar-refractivity contribution < 1.29 is 9.32 Å². The van der Waals surface area contributed by atoms with Crippen molar-refractivity contribution in [3.8, 4) is 11.3 Å². The molecule has 0 bridgehead atoms. The second-order valence-electron chi connectivity index (χ2n) is 6.58. The van der Waals surface area contributed by atoms with Crippen LogP contribution in [0.2, 0.25) is 0 Å². The first-order valence-corrected chi connectivity index (χ1v) is 8.49. The molecule has 1 aliphatic carbocycles. The Balaban J connectivity index is 1.70. The van der Waals surface area contributed by atoms with Gasteiger partial charge in [-0.25, -0.2) is 4.98 Å². The van der Waals surface area contributed by atoms with E-state index >= 15 is 0 Å². The van der Waals surface area contributed by atoms with Crippen LogP contribution in [-0.2, 0) is 0 Å². The summed E-state index contributed by atoms with van der Waals surface area (Å²) in [6, 6.07) is 11.5. The molecule has 0 aliphatic heterocycles. The third-order valence-corrected chi connectivity index (χ3v) is 4.66. The molecule has 1 atom stereocenters. The van der Waals surface area contributed by atoms with Crippen molar-refractivity contribution in [2.24, 2.45) is 11.7 Å². The maximum Gasteiger partial charge on any atom is 0.259 e. The van der Waals surface area contributed by atoms with E-state index in [2.05, 4.69) is 15.5 Å². The minimum atomic E-state index is -0.174. The predicted molar refractivity (Wildman–Crippen MR) is 95.0 cm³/mol. The van der Waals surface area contributed by atoms with Crippen molar-refractivity contribution in [2.75, 3.05) is 6.54 Å². The van der Waals surface area contributed by atoms with E-state index < -0.39 is 0 Å². The Bertz CT molecular complexity index is 916. The normalized spacial score (nSPS) is 15.3. The number of nitrogens with two attached hydrogens (primary N) is 1. The molecule has 0 radical (unpaired) electrons. The highest BCUT2D eigenvalue weighted by Gasteiger charge is 2.29. The minimum Gasteiger partial charge on any atom is -0.350 e. The number of rotatable bonds is 5. The second kappa shape index (κ2) is 6.29. The van der Waals surface area contributed by atoms with Crippen molar-refractivity contribution in [3.63, 3.8) is 0 Å². The number of carbonyl (C=O) groups is 1. The summed E-state index contributed by atoms with van der Waals surface area (Å²) in [7, 11) is 0. The number of hydrogen-bond donors (Lipinski definition) is 2. The molecule has 6 nitrogen and oxygen atoms in total. The Morgan fingerprint density at radius 1 is 1.36 bits per heavy atom. The van der Waals surface area contributed by atoms with E-state index in [1.807, 2.05) is 37.3 Å². The third kappa shape index (κ3) is 3.13. The Hall–Kier alpha value is -2.73. The van der Waals surface area contributed by atoms with Crippen LogP contribution in [0.5, 0.6) is 0 Å². The van der Waals surface area contributed by atoms with Gasteiger partial charge in [0.2, 0.25) is 0 Å². The molecule has 4 rings (SSSR count). The van der Waals surface area contributed by atoms with E-state index in [1.54, 1.807) is 6.07 Å². The van der Waals surface area contributed by atoms with Gasteiger partial charge >= 0.3 is 0 Å². The predicted octanol–water partition coefficient (Wildman–Crippen LogP) is 2.67. The van der Waals surface area contributed by atoms with E-state index in [0.717, 1.165) is 18.4 Å².